The van der Waals surface area contributed by atoms with Crippen LogP contribution in [0.25, 0.3) is 0 Å². The van der Waals surface area contributed by atoms with Crippen molar-refractivity contribution in [2.45, 2.75) is 31.5 Å². The minimum absolute atomic E-state index is 0.0881. The summed E-state index contributed by atoms with van der Waals surface area (Å²) in [4.78, 5) is 0. The van der Waals surface area contributed by atoms with Crippen LogP contribution in [-0.2, 0) is 4.74 Å². The zero-order valence-electron chi connectivity index (χ0n) is 6.98. The lowest BCUT2D eigenvalue weighted by molar-refractivity contribution is 0.187. The first kappa shape index (κ1) is 8.94. The van der Waals surface area contributed by atoms with Crippen LogP contribution in [0.5, 0.6) is 0 Å². The molecule has 0 spiro atoms. The Labute approximate surface area is 67.1 Å². The molecule has 1 saturated carbocycles. The van der Waals surface area contributed by atoms with E-state index >= 15 is 0 Å². The van der Waals surface area contributed by atoms with Crippen LogP contribution < -0.4 is 5.32 Å². The molecule has 1 aliphatic carbocycles. The molecule has 0 aromatic rings. The number of ether oxygens (including phenoxy) is 1. The smallest absolute Gasteiger partial charge is 0.115 e. The molecule has 0 radical (unpaired) electrons. The van der Waals surface area contributed by atoms with E-state index in [0.717, 1.165) is 25.8 Å². The zero-order valence-corrected chi connectivity index (χ0v) is 6.98. The van der Waals surface area contributed by atoms with Gasteiger partial charge in [0.2, 0.25) is 0 Å². The highest BCUT2D eigenvalue weighted by atomic mass is 19.1. The molecule has 1 aliphatic rings. The largest absolute Gasteiger partial charge is 0.383 e. The van der Waals surface area contributed by atoms with Gasteiger partial charge in [-0.15, -0.1) is 0 Å². The van der Waals surface area contributed by atoms with Gasteiger partial charge in [0.25, 0.3) is 0 Å². The number of methoxy groups -OCH3 is 1. The van der Waals surface area contributed by atoms with Crippen molar-refractivity contribution in [3.63, 3.8) is 0 Å². The van der Waals surface area contributed by atoms with Crippen molar-refractivity contribution in [2.24, 2.45) is 0 Å². The van der Waals surface area contributed by atoms with Crippen LogP contribution in [0.2, 0.25) is 0 Å². The highest BCUT2D eigenvalue weighted by Gasteiger charge is 2.25. The summed E-state index contributed by atoms with van der Waals surface area (Å²) in [7, 11) is 1.66. The third-order valence-electron chi connectivity index (χ3n) is 2.14. The molecule has 2 nitrogen and oxygen atoms in total. The Morgan fingerprint density at radius 1 is 1.55 bits per heavy atom. The van der Waals surface area contributed by atoms with Crippen LogP contribution in [0.15, 0.2) is 0 Å². The highest BCUT2D eigenvalue weighted by molar-refractivity contribution is 4.82. The maximum atomic E-state index is 12.9. The lowest BCUT2D eigenvalue weighted by Crippen LogP contribution is -2.35. The second-order valence-corrected chi connectivity index (χ2v) is 3.00. The Kier molecular flexibility index (Phi) is 3.80. The Morgan fingerprint density at radius 2 is 2.36 bits per heavy atom. The van der Waals surface area contributed by atoms with Gasteiger partial charge in [0.1, 0.15) is 6.17 Å². The predicted octanol–water partition coefficient (Wildman–Crippen LogP) is 1.11. The zero-order chi connectivity index (χ0) is 8.10. The van der Waals surface area contributed by atoms with E-state index in [0.29, 0.717) is 6.61 Å². The van der Waals surface area contributed by atoms with Gasteiger partial charge in [-0.05, 0) is 19.3 Å². The van der Waals surface area contributed by atoms with E-state index in [1.54, 1.807) is 7.11 Å². The van der Waals surface area contributed by atoms with E-state index in [4.69, 9.17) is 4.74 Å². The summed E-state index contributed by atoms with van der Waals surface area (Å²) < 4.78 is 17.8. The molecule has 0 heterocycles. The summed E-state index contributed by atoms with van der Waals surface area (Å²) in [5, 5.41) is 3.13. The van der Waals surface area contributed by atoms with E-state index < -0.39 is 6.17 Å². The van der Waals surface area contributed by atoms with Crippen molar-refractivity contribution in [1.82, 2.24) is 5.32 Å². The number of halogens is 1. The molecule has 0 aromatic carbocycles. The summed E-state index contributed by atoms with van der Waals surface area (Å²) in [6.07, 6.45) is 2.09. The van der Waals surface area contributed by atoms with Crippen molar-refractivity contribution in [2.75, 3.05) is 20.3 Å². The van der Waals surface area contributed by atoms with Gasteiger partial charge in [-0.25, -0.2) is 4.39 Å². The van der Waals surface area contributed by atoms with Crippen molar-refractivity contribution >= 4 is 0 Å². The molecule has 3 heteroatoms. The van der Waals surface area contributed by atoms with E-state index in [1.165, 1.54) is 0 Å². The molecule has 11 heavy (non-hydrogen) atoms. The quantitative estimate of drug-likeness (QED) is 0.624. The number of rotatable bonds is 4. The molecule has 2 atom stereocenters. The summed E-state index contributed by atoms with van der Waals surface area (Å²) in [5.41, 5.74) is 0. The molecule has 0 bridgehead atoms. The molecule has 1 rings (SSSR count). The van der Waals surface area contributed by atoms with Crippen molar-refractivity contribution in [3.8, 4) is 0 Å². The van der Waals surface area contributed by atoms with Crippen molar-refractivity contribution < 1.29 is 9.13 Å². The van der Waals surface area contributed by atoms with Gasteiger partial charge in [0.05, 0.1) is 6.61 Å². The molecule has 0 aromatic heterocycles. The molecular formula is C8H16FNO. The van der Waals surface area contributed by atoms with Gasteiger partial charge in [-0.3, -0.25) is 0 Å². The van der Waals surface area contributed by atoms with Gasteiger partial charge in [-0.2, -0.15) is 0 Å². The third kappa shape index (κ3) is 2.75. The number of hydrogen-bond donors (Lipinski definition) is 1. The fraction of sp³-hybridized carbons (Fsp3) is 1.00. The van der Waals surface area contributed by atoms with E-state index in [-0.39, 0.29) is 6.04 Å². The van der Waals surface area contributed by atoms with Gasteiger partial charge in [0, 0.05) is 19.7 Å². The summed E-state index contributed by atoms with van der Waals surface area (Å²) >= 11 is 0. The van der Waals surface area contributed by atoms with Crippen molar-refractivity contribution in [1.29, 1.82) is 0 Å². The van der Waals surface area contributed by atoms with Gasteiger partial charge in [-0.1, -0.05) is 0 Å². The van der Waals surface area contributed by atoms with Crippen LogP contribution in [0.4, 0.5) is 4.39 Å². The third-order valence-corrected chi connectivity index (χ3v) is 2.14. The summed E-state index contributed by atoms with van der Waals surface area (Å²) in [5.74, 6) is 0. The van der Waals surface area contributed by atoms with E-state index in [1.807, 2.05) is 0 Å². The Bertz CT molecular complexity index is 110. The maximum Gasteiger partial charge on any atom is 0.115 e. The lowest BCUT2D eigenvalue weighted by atomic mass is 10.2. The SMILES string of the molecule is COCCN[C@@H]1CCC[C@H]1F. The Hall–Kier alpha value is -0.150. The summed E-state index contributed by atoms with van der Waals surface area (Å²) in [6.45, 7) is 1.44. The highest BCUT2D eigenvalue weighted by Crippen LogP contribution is 2.21. The van der Waals surface area contributed by atoms with Gasteiger partial charge in [0.15, 0.2) is 0 Å². The minimum atomic E-state index is -0.633. The van der Waals surface area contributed by atoms with Crippen molar-refractivity contribution in [3.05, 3.63) is 0 Å². The van der Waals surface area contributed by atoms with E-state index in [9.17, 15) is 4.39 Å². The maximum absolute atomic E-state index is 12.9. The topological polar surface area (TPSA) is 21.3 Å². The molecule has 0 amide bonds. The van der Waals surface area contributed by atoms with Crippen LogP contribution in [0.3, 0.4) is 0 Å². The molecule has 0 unspecified atom stereocenters. The van der Waals surface area contributed by atoms with Crippen LogP contribution in [-0.4, -0.2) is 32.5 Å². The molecule has 1 fully saturated rings. The number of nitrogens with one attached hydrogen (secondary N) is 1. The first-order chi connectivity index (χ1) is 5.34. The Balaban J connectivity index is 2.05. The monoisotopic (exact) mass is 161 g/mol. The van der Waals surface area contributed by atoms with Crippen LogP contribution in [0.1, 0.15) is 19.3 Å². The first-order valence-corrected chi connectivity index (χ1v) is 4.21. The van der Waals surface area contributed by atoms with Gasteiger partial charge < -0.3 is 10.1 Å². The van der Waals surface area contributed by atoms with E-state index in [2.05, 4.69) is 5.32 Å². The second kappa shape index (κ2) is 4.67. The van der Waals surface area contributed by atoms with Gasteiger partial charge >= 0.3 is 0 Å². The Morgan fingerprint density at radius 3 is 2.91 bits per heavy atom. The van der Waals surface area contributed by atoms with Crippen LogP contribution >= 0.6 is 0 Å². The first-order valence-electron chi connectivity index (χ1n) is 4.21. The molecular weight excluding hydrogens is 145 g/mol. The molecule has 1 N–H and O–H groups in total. The normalized spacial score (nSPS) is 31.1. The predicted molar refractivity (Wildman–Crippen MR) is 42.4 cm³/mol. The summed E-state index contributed by atoms with van der Waals surface area (Å²) in [6, 6.07) is 0.0881. The lowest BCUT2D eigenvalue weighted by Gasteiger charge is -2.13. The fourth-order valence-electron chi connectivity index (χ4n) is 1.49. The average Bonchev–Trinajstić information content (AvgIpc) is 2.37. The fourth-order valence-corrected chi connectivity index (χ4v) is 1.49. The second-order valence-electron chi connectivity index (χ2n) is 3.00. The number of hydrogen-bond acceptors (Lipinski definition) is 2. The van der Waals surface area contributed by atoms with Crippen LogP contribution in [0, 0.1) is 0 Å². The molecule has 0 saturated heterocycles. The average molecular weight is 161 g/mol. The number of alkyl halides is 1. The molecule has 0 aliphatic heterocycles. The minimum Gasteiger partial charge on any atom is -0.383 e. The molecule has 66 valence electrons. The standard InChI is InChI=1S/C8H16FNO/c1-11-6-5-10-8-4-2-3-7(8)9/h7-8,10H,2-6H2,1H3/t7-,8-/m1/s1.